The summed E-state index contributed by atoms with van der Waals surface area (Å²) >= 11 is 1.21. The molecule has 2 aliphatic heterocycles. The molecule has 1 fully saturated rings. The van der Waals surface area contributed by atoms with Gasteiger partial charge in [-0.3, -0.25) is 4.90 Å². The molecule has 150 valence electrons. The van der Waals surface area contributed by atoms with Gasteiger partial charge in [0.2, 0.25) is 0 Å². The molecular weight excluding hydrogens is 420 g/mol. The number of anilines is 1. The molecule has 1 aromatic heterocycles. The number of thiophene rings is 1. The fraction of sp³-hybridized carbons (Fsp3) is 0.353. The second kappa shape index (κ2) is 7.23. The molecule has 0 aliphatic carbocycles. The van der Waals surface area contributed by atoms with E-state index in [1.807, 2.05) is 17.9 Å². The molecule has 0 atom stereocenters. The number of amidine groups is 1. The van der Waals surface area contributed by atoms with E-state index in [4.69, 9.17) is 0 Å². The summed E-state index contributed by atoms with van der Waals surface area (Å²) in [5.74, 6) is 0.353. The van der Waals surface area contributed by atoms with Gasteiger partial charge in [0.15, 0.2) is 0 Å². The van der Waals surface area contributed by atoms with Gasteiger partial charge in [-0.05, 0) is 36.1 Å². The highest BCUT2D eigenvalue weighted by molar-refractivity contribution is 7.91. The first-order chi connectivity index (χ1) is 13.3. The van der Waals surface area contributed by atoms with Crippen molar-refractivity contribution in [3.05, 3.63) is 41.3 Å². The quantitative estimate of drug-likeness (QED) is 0.775. The van der Waals surface area contributed by atoms with Gasteiger partial charge < -0.3 is 5.32 Å². The Bertz CT molecular complexity index is 1120. The average Bonchev–Trinajstić information content (AvgIpc) is 3.18. The average molecular weight is 441 g/mol. The Labute approximate surface area is 168 Å². The van der Waals surface area contributed by atoms with E-state index in [1.165, 1.54) is 15.6 Å². The number of benzene rings is 1. The summed E-state index contributed by atoms with van der Waals surface area (Å²) in [4.78, 5) is 2.18. The smallest absolute Gasteiger partial charge is 0.286 e. The molecule has 0 radical (unpaired) electrons. The first-order valence-electron chi connectivity index (χ1n) is 8.73. The van der Waals surface area contributed by atoms with Crippen LogP contribution >= 0.6 is 11.3 Å². The van der Waals surface area contributed by atoms with Crippen LogP contribution in [0, 0.1) is 6.92 Å². The number of nitrogens with one attached hydrogen (secondary N) is 1. The van der Waals surface area contributed by atoms with E-state index in [0.717, 1.165) is 5.56 Å². The molecule has 1 N–H and O–H groups in total. The number of piperazine rings is 1. The van der Waals surface area contributed by atoms with Crippen molar-refractivity contribution < 1.29 is 16.8 Å². The van der Waals surface area contributed by atoms with Crippen molar-refractivity contribution >= 4 is 42.9 Å². The number of hydrogen-bond acceptors (Lipinski definition) is 7. The van der Waals surface area contributed by atoms with Crippen LogP contribution in [0.2, 0.25) is 0 Å². The molecule has 0 unspecified atom stereocenters. The number of rotatable bonds is 4. The van der Waals surface area contributed by atoms with Gasteiger partial charge in [-0.1, -0.05) is 12.1 Å². The molecule has 2 aliphatic rings. The van der Waals surface area contributed by atoms with E-state index in [1.54, 1.807) is 29.6 Å². The Balaban J connectivity index is 1.43. The molecule has 8 nitrogen and oxygen atoms in total. The molecule has 0 saturated carbocycles. The maximum Gasteiger partial charge on any atom is 0.286 e. The fourth-order valence-electron chi connectivity index (χ4n) is 3.26. The highest BCUT2D eigenvalue weighted by Crippen LogP contribution is 2.28. The number of sulfonamides is 2. The molecule has 0 spiro atoms. The van der Waals surface area contributed by atoms with Gasteiger partial charge in [0.1, 0.15) is 14.9 Å². The van der Waals surface area contributed by atoms with Gasteiger partial charge in [0.25, 0.3) is 20.0 Å². The van der Waals surface area contributed by atoms with Gasteiger partial charge >= 0.3 is 0 Å². The van der Waals surface area contributed by atoms with Crippen molar-refractivity contribution in [2.24, 2.45) is 4.40 Å². The van der Waals surface area contributed by atoms with Crippen molar-refractivity contribution in [3.63, 3.8) is 0 Å². The highest BCUT2D eigenvalue weighted by atomic mass is 32.2. The Morgan fingerprint density at radius 2 is 1.93 bits per heavy atom. The molecule has 0 amide bonds. The van der Waals surface area contributed by atoms with Gasteiger partial charge in [-0.2, -0.15) is 12.7 Å². The minimum atomic E-state index is -3.73. The highest BCUT2D eigenvalue weighted by Gasteiger charge is 2.31. The number of fused-ring (bicyclic) bond motifs is 1. The van der Waals surface area contributed by atoms with E-state index in [0.29, 0.717) is 48.5 Å². The van der Waals surface area contributed by atoms with Gasteiger partial charge in [-0.15, -0.1) is 15.7 Å². The molecule has 2 aromatic rings. The lowest BCUT2D eigenvalue weighted by Crippen LogP contribution is -2.50. The standard InChI is InChI=1S/C17H20N4O4S3/c1-13-4-5-14-15(11-13)27(22,23)19-16(18-14)12-20-6-8-21(9-7-20)28(24,25)17-3-2-10-26-17/h2-5,10-11H,6-9,12H2,1H3,(H,18,19). The normalized spacial score (nSPS) is 20.2. The van der Waals surface area contributed by atoms with Crippen LogP contribution in [-0.4, -0.2) is 64.6 Å². The maximum atomic E-state index is 12.6. The minimum absolute atomic E-state index is 0.183. The zero-order valence-electron chi connectivity index (χ0n) is 15.2. The molecule has 1 saturated heterocycles. The largest absolute Gasteiger partial charge is 0.341 e. The lowest BCUT2D eigenvalue weighted by atomic mass is 10.2. The Hall–Kier alpha value is -1.79. The van der Waals surface area contributed by atoms with Gasteiger partial charge in [-0.25, -0.2) is 8.42 Å². The summed E-state index contributed by atoms with van der Waals surface area (Å²) in [6.07, 6.45) is 0. The van der Waals surface area contributed by atoms with Crippen molar-refractivity contribution in [2.45, 2.75) is 16.0 Å². The van der Waals surface area contributed by atoms with Crippen LogP contribution in [0.15, 0.2) is 49.2 Å². The Morgan fingerprint density at radius 1 is 1.18 bits per heavy atom. The van der Waals surface area contributed by atoms with E-state index in [9.17, 15) is 16.8 Å². The van der Waals surface area contributed by atoms with Crippen molar-refractivity contribution in [2.75, 3.05) is 38.0 Å². The summed E-state index contributed by atoms with van der Waals surface area (Å²) in [7, 11) is -7.19. The van der Waals surface area contributed by atoms with Crippen LogP contribution in [0.25, 0.3) is 0 Å². The topological polar surface area (TPSA) is 99.2 Å². The zero-order valence-corrected chi connectivity index (χ0v) is 17.6. The van der Waals surface area contributed by atoms with Crippen molar-refractivity contribution in [1.82, 2.24) is 9.21 Å². The first kappa shape index (κ1) is 19.5. The third-order valence-electron chi connectivity index (χ3n) is 4.72. The van der Waals surface area contributed by atoms with Crippen molar-refractivity contribution in [3.8, 4) is 0 Å². The summed E-state index contributed by atoms with van der Waals surface area (Å²) < 4.78 is 55.8. The second-order valence-electron chi connectivity index (χ2n) is 6.75. The van der Waals surface area contributed by atoms with Crippen LogP contribution in [-0.2, 0) is 20.0 Å². The molecule has 3 heterocycles. The third kappa shape index (κ3) is 3.72. The number of nitrogens with zero attached hydrogens (tertiary/aromatic N) is 3. The molecule has 4 rings (SSSR count). The van der Waals surface area contributed by atoms with E-state index < -0.39 is 20.0 Å². The lowest BCUT2D eigenvalue weighted by molar-refractivity contribution is 0.209. The van der Waals surface area contributed by atoms with Crippen LogP contribution in [0.4, 0.5) is 5.69 Å². The predicted molar refractivity (Wildman–Crippen MR) is 109 cm³/mol. The first-order valence-corrected chi connectivity index (χ1v) is 12.5. The molecule has 0 bridgehead atoms. The summed E-state index contributed by atoms with van der Waals surface area (Å²) in [5, 5.41) is 4.84. The molecular formula is C17H20N4O4S3. The lowest BCUT2D eigenvalue weighted by Gasteiger charge is -2.34. The summed E-state index contributed by atoms with van der Waals surface area (Å²) in [6.45, 7) is 3.88. The summed E-state index contributed by atoms with van der Waals surface area (Å²) in [6, 6.07) is 8.52. The van der Waals surface area contributed by atoms with Crippen molar-refractivity contribution in [1.29, 1.82) is 0 Å². The maximum absolute atomic E-state index is 12.6. The van der Waals surface area contributed by atoms with Gasteiger partial charge in [0.05, 0.1) is 12.2 Å². The van der Waals surface area contributed by atoms with E-state index >= 15 is 0 Å². The van der Waals surface area contributed by atoms with Crippen LogP contribution < -0.4 is 5.32 Å². The fourth-order valence-corrected chi connectivity index (χ4v) is 7.05. The SMILES string of the molecule is Cc1ccc2c(c1)S(=O)(=O)N=C(CN1CCN(S(=O)(=O)c3cccs3)CC1)N2. The van der Waals surface area contributed by atoms with Crippen LogP contribution in [0.1, 0.15) is 5.56 Å². The van der Waals surface area contributed by atoms with E-state index in [-0.39, 0.29) is 4.90 Å². The Morgan fingerprint density at radius 3 is 2.61 bits per heavy atom. The van der Waals surface area contributed by atoms with E-state index in [2.05, 4.69) is 9.71 Å². The molecule has 28 heavy (non-hydrogen) atoms. The third-order valence-corrected chi connectivity index (χ3v) is 9.34. The second-order valence-corrected chi connectivity index (χ2v) is 11.4. The minimum Gasteiger partial charge on any atom is -0.341 e. The predicted octanol–water partition coefficient (Wildman–Crippen LogP) is 1.58. The summed E-state index contributed by atoms with van der Waals surface area (Å²) in [5.41, 5.74) is 1.38. The monoisotopic (exact) mass is 440 g/mol. The molecule has 1 aromatic carbocycles. The number of aryl methyl sites for hydroxylation is 1. The van der Waals surface area contributed by atoms with Gasteiger partial charge in [0, 0.05) is 26.2 Å². The molecule has 11 heteroatoms. The number of hydrogen-bond donors (Lipinski definition) is 1. The Kier molecular flexibility index (Phi) is 5.04. The van der Waals surface area contributed by atoms with Crippen LogP contribution in [0.3, 0.4) is 0 Å². The zero-order chi connectivity index (χ0) is 19.9. The van der Waals surface area contributed by atoms with Crippen LogP contribution in [0.5, 0.6) is 0 Å².